The number of hydrogen-bond acceptors (Lipinski definition) is 4. The van der Waals surface area contributed by atoms with Gasteiger partial charge in [0.15, 0.2) is 5.11 Å². The zero-order valence-electron chi connectivity index (χ0n) is 17.4. The molecule has 3 aromatic heterocycles. The van der Waals surface area contributed by atoms with E-state index in [2.05, 4.69) is 20.2 Å². The molecule has 2 atom stereocenters. The van der Waals surface area contributed by atoms with Crippen LogP contribution in [0, 0.1) is 6.92 Å². The molecule has 4 aromatic rings. The Balaban J connectivity index is 1.56. The fourth-order valence-electron chi connectivity index (χ4n) is 4.09. The van der Waals surface area contributed by atoms with E-state index < -0.39 is 0 Å². The summed E-state index contributed by atoms with van der Waals surface area (Å²) in [5.74, 6) is 1.59. The van der Waals surface area contributed by atoms with Crippen molar-refractivity contribution in [3.8, 4) is 11.3 Å². The Bertz CT molecular complexity index is 1250. The Hall–Kier alpha value is -3.22. The van der Waals surface area contributed by atoms with Crippen LogP contribution in [0.3, 0.4) is 0 Å². The average molecular weight is 461 g/mol. The highest BCUT2D eigenvalue weighted by molar-refractivity contribution is 7.80. The summed E-state index contributed by atoms with van der Waals surface area (Å²) in [5, 5.41) is 4.79. The first-order chi connectivity index (χ1) is 15.6. The molecule has 0 radical (unpaired) electrons. The highest BCUT2D eigenvalue weighted by Gasteiger charge is 2.41. The van der Waals surface area contributed by atoms with Gasteiger partial charge in [0.2, 0.25) is 0 Å². The number of benzene rings is 1. The SMILES string of the molecule is Cc1ccc(Cl)cc1-c1ccc(C2C(c3ccccn3)NC(=S)N2Cc2cccnc2)o1. The molecule has 32 heavy (non-hydrogen) atoms. The third-order valence-corrected chi connectivity index (χ3v) is 6.24. The molecule has 0 aliphatic carbocycles. The molecule has 5 nitrogen and oxygen atoms in total. The third-order valence-electron chi connectivity index (χ3n) is 5.66. The Morgan fingerprint density at radius 2 is 2.00 bits per heavy atom. The lowest BCUT2D eigenvalue weighted by Gasteiger charge is -2.26. The number of hydrogen-bond donors (Lipinski definition) is 1. The van der Waals surface area contributed by atoms with Gasteiger partial charge in [0.1, 0.15) is 17.6 Å². The second kappa shape index (κ2) is 8.73. The number of nitrogens with zero attached hydrogens (tertiary/aromatic N) is 3. The molecule has 0 amide bonds. The largest absolute Gasteiger partial charge is 0.459 e. The van der Waals surface area contributed by atoms with Crippen molar-refractivity contribution in [2.45, 2.75) is 25.6 Å². The summed E-state index contributed by atoms with van der Waals surface area (Å²) in [6, 6.07) is 19.4. The van der Waals surface area contributed by atoms with Gasteiger partial charge in [-0.05, 0) is 72.7 Å². The van der Waals surface area contributed by atoms with Crippen molar-refractivity contribution in [3.63, 3.8) is 0 Å². The van der Waals surface area contributed by atoms with Crippen LogP contribution in [0.15, 0.2) is 83.7 Å². The van der Waals surface area contributed by atoms with E-state index in [-0.39, 0.29) is 12.1 Å². The number of aryl methyl sites for hydroxylation is 1. The van der Waals surface area contributed by atoms with Gasteiger partial charge in [0.25, 0.3) is 0 Å². The molecule has 0 bridgehead atoms. The number of aromatic nitrogens is 2. The molecule has 0 spiro atoms. The molecule has 4 heterocycles. The predicted octanol–water partition coefficient (Wildman–Crippen LogP) is 5.87. The van der Waals surface area contributed by atoms with Crippen LogP contribution < -0.4 is 5.32 Å². The number of rotatable bonds is 5. The number of halogens is 1. The maximum Gasteiger partial charge on any atom is 0.170 e. The number of pyridine rings is 2. The maximum atomic E-state index is 6.41. The van der Waals surface area contributed by atoms with Crippen molar-refractivity contribution in [1.29, 1.82) is 0 Å². The standard InChI is InChI=1S/C25H21ClN4OS/c1-16-7-8-18(26)13-19(16)21-9-10-22(31-21)24-23(20-6-2-3-12-28-20)29-25(32)30(24)15-17-5-4-11-27-14-17/h2-14,23-24H,15H2,1H3,(H,29,32). The second-order valence-corrected chi connectivity index (χ2v) is 8.60. The number of nitrogens with one attached hydrogen (secondary N) is 1. The Labute approximate surface area is 197 Å². The quantitative estimate of drug-likeness (QED) is 0.376. The minimum absolute atomic E-state index is 0.139. The molecular formula is C25H21ClN4OS. The van der Waals surface area contributed by atoms with Crippen LogP contribution in [0.1, 0.15) is 34.7 Å². The van der Waals surface area contributed by atoms with Crippen LogP contribution in [-0.4, -0.2) is 20.0 Å². The minimum Gasteiger partial charge on any atom is -0.459 e. The molecule has 1 N–H and O–H groups in total. The van der Waals surface area contributed by atoms with Crippen molar-refractivity contribution in [2.24, 2.45) is 0 Å². The van der Waals surface area contributed by atoms with Crippen LogP contribution in [0.4, 0.5) is 0 Å². The molecule has 160 valence electrons. The molecule has 1 aromatic carbocycles. The Morgan fingerprint density at radius 1 is 1.09 bits per heavy atom. The molecule has 7 heteroatoms. The van der Waals surface area contributed by atoms with E-state index in [0.29, 0.717) is 16.7 Å². The van der Waals surface area contributed by atoms with Crippen molar-refractivity contribution >= 4 is 28.9 Å². The fourth-order valence-corrected chi connectivity index (χ4v) is 4.57. The maximum absolute atomic E-state index is 6.41. The number of thiocarbonyl (C=S) groups is 1. The molecule has 1 aliphatic rings. The zero-order valence-corrected chi connectivity index (χ0v) is 19.0. The van der Waals surface area contributed by atoms with Gasteiger partial charge in [0.05, 0.1) is 11.7 Å². The van der Waals surface area contributed by atoms with E-state index in [9.17, 15) is 0 Å². The van der Waals surface area contributed by atoms with Crippen molar-refractivity contribution < 1.29 is 4.42 Å². The lowest BCUT2D eigenvalue weighted by molar-refractivity contribution is 0.269. The average Bonchev–Trinajstić information content (AvgIpc) is 3.42. The lowest BCUT2D eigenvalue weighted by Crippen LogP contribution is -2.29. The van der Waals surface area contributed by atoms with E-state index >= 15 is 0 Å². The van der Waals surface area contributed by atoms with Crippen LogP contribution in [0.25, 0.3) is 11.3 Å². The van der Waals surface area contributed by atoms with Gasteiger partial charge in [-0.2, -0.15) is 0 Å². The number of furan rings is 1. The van der Waals surface area contributed by atoms with Gasteiger partial charge in [-0.15, -0.1) is 0 Å². The van der Waals surface area contributed by atoms with Crippen LogP contribution >= 0.6 is 23.8 Å². The van der Waals surface area contributed by atoms with E-state index in [0.717, 1.165) is 33.9 Å². The van der Waals surface area contributed by atoms with Gasteiger partial charge in [-0.25, -0.2) is 0 Å². The summed E-state index contributed by atoms with van der Waals surface area (Å²) in [6.45, 7) is 2.66. The predicted molar refractivity (Wildman–Crippen MR) is 129 cm³/mol. The van der Waals surface area contributed by atoms with Crippen molar-refractivity contribution in [3.05, 3.63) is 107 Å². The normalized spacial score (nSPS) is 18.1. The highest BCUT2D eigenvalue weighted by atomic mass is 35.5. The fraction of sp³-hybridized carbons (Fsp3) is 0.160. The van der Waals surface area contributed by atoms with Gasteiger partial charge in [-0.1, -0.05) is 29.8 Å². The Kier molecular flexibility index (Phi) is 5.64. The first-order valence-electron chi connectivity index (χ1n) is 10.3. The van der Waals surface area contributed by atoms with Gasteiger partial charge in [0, 0.05) is 35.7 Å². The summed E-state index contributed by atoms with van der Waals surface area (Å²) < 4.78 is 6.41. The highest BCUT2D eigenvalue weighted by Crippen LogP contribution is 2.41. The van der Waals surface area contributed by atoms with Crippen LogP contribution in [-0.2, 0) is 6.54 Å². The minimum atomic E-state index is -0.161. The summed E-state index contributed by atoms with van der Waals surface area (Å²) >= 11 is 12.0. The molecule has 2 unspecified atom stereocenters. The molecule has 5 rings (SSSR count). The van der Waals surface area contributed by atoms with Crippen molar-refractivity contribution in [1.82, 2.24) is 20.2 Å². The van der Waals surface area contributed by atoms with Crippen LogP contribution in [0.5, 0.6) is 0 Å². The second-order valence-electron chi connectivity index (χ2n) is 7.78. The Morgan fingerprint density at radius 3 is 2.78 bits per heavy atom. The molecule has 1 saturated heterocycles. The first-order valence-corrected chi connectivity index (χ1v) is 11.1. The van der Waals surface area contributed by atoms with Crippen molar-refractivity contribution in [2.75, 3.05) is 0 Å². The smallest absolute Gasteiger partial charge is 0.170 e. The third kappa shape index (κ3) is 3.99. The summed E-state index contributed by atoms with van der Waals surface area (Å²) in [7, 11) is 0. The molecule has 1 fully saturated rings. The molecular weight excluding hydrogens is 440 g/mol. The van der Waals surface area contributed by atoms with Gasteiger partial charge >= 0.3 is 0 Å². The van der Waals surface area contributed by atoms with E-state index in [4.69, 9.17) is 28.2 Å². The lowest BCUT2D eigenvalue weighted by atomic mass is 10.0. The topological polar surface area (TPSA) is 54.2 Å². The summed E-state index contributed by atoms with van der Waals surface area (Å²) in [5.41, 5.74) is 4.06. The van der Waals surface area contributed by atoms with Gasteiger partial charge < -0.3 is 14.6 Å². The first kappa shape index (κ1) is 20.7. The monoisotopic (exact) mass is 460 g/mol. The van der Waals surface area contributed by atoms with Crippen LogP contribution in [0.2, 0.25) is 5.02 Å². The molecule has 0 saturated carbocycles. The van der Waals surface area contributed by atoms with Gasteiger partial charge in [-0.3, -0.25) is 9.97 Å². The van der Waals surface area contributed by atoms with E-state index in [1.54, 1.807) is 12.4 Å². The molecule has 1 aliphatic heterocycles. The zero-order chi connectivity index (χ0) is 22.1. The van der Waals surface area contributed by atoms with E-state index in [1.165, 1.54) is 0 Å². The van der Waals surface area contributed by atoms with E-state index in [1.807, 2.05) is 73.8 Å². The summed E-state index contributed by atoms with van der Waals surface area (Å²) in [4.78, 5) is 11.0. The summed E-state index contributed by atoms with van der Waals surface area (Å²) in [6.07, 6.45) is 5.42.